The maximum Gasteiger partial charge on any atom is 0.222 e. The van der Waals surface area contributed by atoms with E-state index in [1.54, 1.807) is 7.11 Å². The second-order valence-corrected chi connectivity index (χ2v) is 5.43. The highest BCUT2D eigenvalue weighted by Crippen LogP contribution is 2.16. The van der Waals surface area contributed by atoms with E-state index in [-0.39, 0.29) is 5.91 Å². The van der Waals surface area contributed by atoms with Gasteiger partial charge in [-0.3, -0.25) is 4.79 Å². The summed E-state index contributed by atoms with van der Waals surface area (Å²) in [5.74, 6) is 0.945. The number of rotatable bonds is 7. The summed E-state index contributed by atoms with van der Waals surface area (Å²) in [5, 5.41) is 3.37. The van der Waals surface area contributed by atoms with Gasteiger partial charge in [0.05, 0.1) is 0 Å². The van der Waals surface area contributed by atoms with Crippen LogP contribution in [0.1, 0.15) is 39.5 Å². The average Bonchev–Trinajstić information content (AvgIpc) is 2.37. The van der Waals surface area contributed by atoms with Gasteiger partial charge in [-0.25, -0.2) is 0 Å². The fourth-order valence-electron chi connectivity index (χ4n) is 2.45. The SMILES string of the molecule is COCCCC(=O)N(CC1CCNCC1)C(C)C. The van der Waals surface area contributed by atoms with Gasteiger partial charge in [-0.15, -0.1) is 0 Å². The Morgan fingerprint density at radius 1 is 1.39 bits per heavy atom. The minimum Gasteiger partial charge on any atom is -0.385 e. The van der Waals surface area contributed by atoms with E-state index in [0.717, 1.165) is 26.1 Å². The van der Waals surface area contributed by atoms with Gasteiger partial charge in [0, 0.05) is 32.7 Å². The summed E-state index contributed by atoms with van der Waals surface area (Å²) in [7, 11) is 1.68. The summed E-state index contributed by atoms with van der Waals surface area (Å²) in [6.45, 7) is 7.99. The normalized spacial score (nSPS) is 17.1. The van der Waals surface area contributed by atoms with Crippen LogP contribution in [-0.2, 0) is 9.53 Å². The number of hydrogen-bond acceptors (Lipinski definition) is 3. The van der Waals surface area contributed by atoms with Crippen LogP contribution in [0.3, 0.4) is 0 Å². The van der Waals surface area contributed by atoms with Gasteiger partial charge in [0.25, 0.3) is 0 Å². The third kappa shape index (κ3) is 5.36. The molecule has 1 fully saturated rings. The summed E-state index contributed by atoms with van der Waals surface area (Å²) >= 11 is 0. The van der Waals surface area contributed by atoms with Crippen molar-refractivity contribution in [3.05, 3.63) is 0 Å². The van der Waals surface area contributed by atoms with E-state index in [1.807, 2.05) is 4.90 Å². The van der Waals surface area contributed by atoms with Crippen molar-refractivity contribution in [2.75, 3.05) is 33.4 Å². The standard InChI is InChI=1S/C14H28N2O2/c1-12(2)16(14(17)5-4-10-18-3)11-13-6-8-15-9-7-13/h12-13,15H,4-11H2,1-3H3. The highest BCUT2D eigenvalue weighted by atomic mass is 16.5. The lowest BCUT2D eigenvalue weighted by atomic mass is 9.97. The molecule has 1 amide bonds. The first-order valence-corrected chi connectivity index (χ1v) is 7.14. The largest absolute Gasteiger partial charge is 0.385 e. The van der Waals surface area contributed by atoms with E-state index in [0.29, 0.717) is 25.0 Å². The number of amides is 1. The molecule has 0 bridgehead atoms. The van der Waals surface area contributed by atoms with Crippen LogP contribution in [-0.4, -0.2) is 50.2 Å². The number of carbonyl (C=O) groups is 1. The van der Waals surface area contributed by atoms with Crippen molar-refractivity contribution in [3.8, 4) is 0 Å². The molecule has 0 aromatic rings. The zero-order chi connectivity index (χ0) is 13.4. The van der Waals surface area contributed by atoms with Gasteiger partial charge in [-0.1, -0.05) is 0 Å². The van der Waals surface area contributed by atoms with Crippen molar-refractivity contribution < 1.29 is 9.53 Å². The van der Waals surface area contributed by atoms with E-state index >= 15 is 0 Å². The fraction of sp³-hybridized carbons (Fsp3) is 0.929. The van der Waals surface area contributed by atoms with E-state index in [1.165, 1.54) is 12.8 Å². The molecule has 1 N–H and O–H groups in total. The Morgan fingerprint density at radius 2 is 2.06 bits per heavy atom. The lowest BCUT2D eigenvalue weighted by molar-refractivity contribution is -0.134. The maximum atomic E-state index is 12.2. The summed E-state index contributed by atoms with van der Waals surface area (Å²) < 4.78 is 5.00. The molecule has 1 aliphatic rings. The van der Waals surface area contributed by atoms with Crippen LogP contribution < -0.4 is 5.32 Å². The maximum absolute atomic E-state index is 12.2. The molecule has 0 aromatic heterocycles. The van der Waals surface area contributed by atoms with Gasteiger partial charge in [0.15, 0.2) is 0 Å². The molecule has 0 saturated carbocycles. The number of methoxy groups -OCH3 is 1. The molecule has 106 valence electrons. The highest BCUT2D eigenvalue weighted by Gasteiger charge is 2.22. The van der Waals surface area contributed by atoms with Gasteiger partial charge in [-0.2, -0.15) is 0 Å². The van der Waals surface area contributed by atoms with Gasteiger partial charge in [0.2, 0.25) is 5.91 Å². The molecule has 0 unspecified atom stereocenters. The summed E-state index contributed by atoms with van der Waals surface area (Å²) in [6.07, 6.45) is 3.81. The van der Waals surface area contributed by atoms with E-state index in [2.05, 4.69) is 19.2 Å². The van der Waals surface area contributed by atoms with Crippen LogP contribution >= 0.6 is 0 Å². The van der Waals surface area contributed by atoms with E-state index in [9.17, 15) is 4.79 Å². The predicted molar refractivity (Wildman–Crippen MR) is 73.6 cm³/mol. The molecule has 0 aliphatic carbocycles. The lowest BCUT2D eigenvalue weighted by Gasteiger charge is -2.33. The average molecular weight is 256 g/mol. The Hall–Kier alpha value is -0.610. The molecule has 18 heavy (non-hydrogen) atoms. The Balaban J connectivity index is 2.39. The smallest absolute Gasteiger partial charge is 0.222 e. The third-order valence-electron chi connectivity index (χ3n) is 3.60. The molecule has 4 heteroatoms. The van der Waals surface area contributed by atoms with Gasteiger partial charge < -0.3 is 15.0 Å². The molecule has 0 atom stereocenters. The molecule has 0 radical (unpaired) electrons. The number of hydrogen-bond donors (Lipinski definition) is 1. The Bertz CT molecular complexity index is 238. The van der Waals surface area contributed by atoms with Crippen molar-refractivity contribution in [3.63, 3.8) is 0 Å². The quantitative estimate of drug-likeness (QED) is 0.704. The molecule has 0 aromatic carbocycles. The Morgan fingerprint density at radius 3 is 2.61 bits per heavy atom. The molecule has 1 heterocycles. The van der Waals surface area contributed by atoms with Crippen LogP contribution in [0.25, 0.3) is 0 Å². The van der Waals surface area contributed by atoms with Crippen molar-refractivity contribution >= 4 is 5.91 Å². The zero-order valence-electron chi connectivity index (χ0n) is 12.1. The molecule has 0 spiro atoms. The van der Waals surface area contributed by atoms with Crippen LogP contribution in [0.5, 0.6) is 0 Å². The molecule has 1 aliphatic heterocycles. The van der Waals surface area contributed by atoms with Crippen molar-refractivity contribution in [1.29, 1.82) is 0 Å². The van der Waals surface area contributed by atoms with Crippen molar-refractivity contribution in [2.45, 2.75) is 45.6 Å². The number of piperidine rings is 1. The third-order valence-corrected chi connectivity index (χ3v) is 3.60. The highest BCUT2D eigenvalue weighted by molar-refractivity contribution is 5.76. The second-order valence-electron chi connectivity index (χ2n) is 5.43. The fourth-order valence-corrected chi connectivity index (χ4v) is 2.45. The van der Waals surface area contributed by atoms with Crippen molar-refractivity contribution in [1.82, 2.24) is 10.2 Å². The van der Waals surface area contributed by atoms with Crippen LogP contribution in [0.15, 0.2) is 0 Å². The molecule has 1 rings (SSSR count). The van der Waals surface area contributed by atoms with E-state index in [4.69, 9.17) is 4.74 Å². The second kappa shape index (κ2) is 8.48. The number of carbonyl (C=O) groups excluding carboxylic acids is 1. The van der Waals surface area contributed by atoms with Crippen LogP contribution in [0.4, 0.5) is 0 Å². The summed E-state index contributed by atoms with van der Waals surface area (Å²) in [5.41, 5.74) is 0. The lowest BCUT2D eigenvalue weighted by Crippen LogP contribution is -2.42. The topological polar surface area (TPSA) is 41.6 Å². The first-order valence-electron chi connectivity index (χ1n) is 7.14. The number of nitrogens with one attached hydrogen (secondary N) is 1. The van der Waals surface area contributed by atoms with Gasteiger partial charge >= 0.3 is 0 Å². The van der Waals surface area contributed by atoms with Crippen LogP contribution in [0.2, 0.25) is 0 Å². The molecular formula is C14H28N2O2. The minimum absolute atomic E-state index is 0.278. The zero-order valence-corrected chi connectivity index (χ0v) is 12.1. The first kappa shape index (κ1) is 15.4. The molecule has 1 saturated heterocycles. The Kier molecular flexibility index (Phi) is 7.28. The van der Waals surface area contributed by atoms with Crippen molar-refractivity contribution in [2.24, 2.45) is 5.92 Å². The van der Waals surface area contributed by atoms with Gasteiger partial charge in [0.1, 0.15) is 0 Å². The molecular weight excluding hydrogens is 228 g/mol. The summed E-state index contributed by atoms with van der Waals surface area (Å²) in [6, 6.07) is 0.301. The Labute approximate surface area is 111 Å². The first-order chi connectivity index (χ1) is 8.65. The van der Waals surface area contributed by atoms with Crippen LogP contribution in [0, 0.1) is 5.92 Å². The number of nitrogens with zero attached hydrogens (tertiary/aromatic N) is 1. The van der Waals surface area contributed by atoms with E-state index < -0.39 is 0 Å². The number of ether oxygens (including phenoxy) is 1. The monoisotopic (exact) mass is 256 g/mol. The minimum atomic E-state index is 0.278. The summed E-state index contributed by atoms with van der Waals surface area (Å²) in [4.78, 5) is 14.2. The van der Waals surface area contributed by atoms with Gasteiger partial charge in [-0.05, 0) is 52.1 Å². The predicted octanol–water partition coefficient (Wildman–Crippen LogP) is 1.65. The molecule has 4 nitrogen and oxygen atoms in total.